The molecule has 0 aliphatic rings. The van der Waals surface area contributed by atoms with E-state index in [4.69, 9.17) is 0 Å². The Kier molecular flexibility index (Phi) is 5.41. The van der Waals surface area contributed by atoms with E-state index < -0.39 is 23.0 Å². The molecule has 2 aromatic carbocycles. The monoisotopic (exact) mass is 374 g/mol. The molecule has 140 valence electrons. The molecule has 0 unspecified atom stereocenters. The topological polar surface area (TPSA) is 55.1 Å². The maximum atomic E-state index is 13.5. The number of nitrogens with zero attached hydrogens (tertiary/aromatic N) is 2. The number of hydrogen-bond donors (Lipinski definition) is 1. The van der Waals surface area contributed by atoms with Crippen molar-refractivity contribution in [1.82, 2.24) is 9.55 Å². The van der Waals surface area contributed by atoms with Crippen molar-refractivity contribution < 1.29 is 18.3 Å². The second-order valence-corrected chi connectivity index (χ2v) is 6.15. The fourth-order valence-corrected chi connectivity index (χ4v) is 2.95. The van der Waals surface area contributed by atoms with Gasteiger partial charge in [-0.1, -0.05) is 0 Å². The molecule has 0 radical (unpaired) electrons. The first-order chi connectivity index (χ1) is 12.9. The van der Waals surface area contributed by atoms with E-state index in [2.05, 4.69) is 4.98 Å². The highest BCUT2D eigenvalue weighted by Gasteiger charge is 2.16. The summed E-state index contributed by atoms with van der Waals surface area (Å²) in [5.41, 5.74) is 1.08. The molecule has 0 fully saturated rings. The molecule has 7 heteroatoms. The van der Waals surface area contributed by atoms with E-state index >= 15 is 0 Å². The third-order valence-corrected chi connectivity index (χ3v) is 4.20. The second-order valence-electron chi connectivity index (χ2n) is 6.15. The van der Waals surface area contributed by atoms with Gasteiger partial charge >= 0.3 is 0 Å². The number of aryl methyl sites for hydroxylation is 1. The number of aromatic nitrogens is 2. The van der Waals surface area contributed by atoms with Crippen molar-refractivity contribution in [3.05, 3.63) is 87.1 Å². The molecular formula is C20H17F3N2O2. The fourth-order valence-electron chi connectivity index (χ4n) is 2.95. The standard InChI is InChI=1S/C20H17F3N2O2/c1-12-18(6-7-26)20(27)25(11-13-8-16(22)10-17(23)9-13)19(24-12)14-2-4-15(21)5-3-14/h2-5,8-10,26H,6-7,11H2,1H3. The van der Waals surface area contributed by atoms with E-state index in [-0.39, 0.29) is 31.0 Å². The minimum absolute atomic E-state index is 0.110. The lowest BCUT2D eigenvalue weighted by molar-refractivity contribution is 0.298. The van der Waals surface area contributed by atoms with Crippen LogP contribution in [0.2, 0.25) is 0 Å². The maximum absolute atomic E-state index is 13.5. The predicted octanol–water partition coefficient (Wildman–Crippen LogP) is 3.22. The Morgan fingerprint density at radius 3 is 2.22 bits per heavy atom. The smallest absolute Gasteiger partial charge is 0.257 e. The van der Waals surface area contributed by atoms with Crippen molar-refractivity contribution in [2.75, 3.05) is 6.61 Å². The lowest BCUT2D eigenvalue weighted by Crippen LogP contribution is -2.29. The molecule has 1 heterocycles. The first kappa shape index (κ1) is 18.8. The lowest BCUT2D eigenvalue weighted by Gasteiger charge is -2.16. The number of rotatable bonds is 5. The van der Waals surface area contributed by atoms with Gasteiger partial charge in [-0.05, 0) is 48.9 Å². The Labute approximate surface area is 153 Å². The third-order valence-electron chi connectivity index (χ3n) is 4.20. The normalized spacial score (nSPS) is 11.0. The van der Waals surface area contributed by atoms with E-state index in [1.54, 1.807) is 6.92 Å². The van der Waals surface area contributed by atoms with Crippen LogP contribution in [0.1, 0.15) is 16.8 Å². The zero-order valence-electron chi connectivity index (χ0n) is 14.5. The number of benzene rings is 2. The van der Waals surface area contributed by atoms with Gasteiger partial charge in [0.1, 0.15) is 23.3 Å². The molecule has 3 aromatic rings. The van der Waals surface area contributed by atoms with Crippen LogP contribution in [0.25, 0.3) is 11.4 Å². The van der Waals surface area contributed by atoms with E-state index in [0.717, 1.165) is 18.2 Å². The van der Waals surface area contributed by atoms with Crippen molar-refractivity contribution in [3.63, 3.8) is 0 Å². The molecular weight excluding hydrogens is 357 g/mol. The van der Waals surface area contributed by atoms with E-state index in [1.165, 1.54) is 28.8 Å². The molecule has 1 N–H and O–H groups in total. The van der Waals surface area contributed by atoms with Gasteiger partial charge in [0.15, 0.2) is 0 Å². The highest BCUT2D eigenvalue weighted by Crippen LogP contribution is 2.20. The molecule has 0 aliphatic carbocycles. The number of aliphatic hydroxyl groups excluding tert-OH is 1. The molecule has 27 heavy (non-hydrogen) atoms. The second kappa shape index (κ2) is 7.75. The molecule has 1 aromatic heterocycles. The van der Waals surface area contributed by atoms with Crippen LogP contribution in [0.5, 0.6) is 0 Å². The highest BCUT2D eigenvalue weighted by molar-refractivity contribution is 5.56. The quantitative estimate of drug-likeness (QED) is 0.746. The minimum atomic E-state index is -0.753. The van der Waals surface area contributed by atoms with Gasteiger partial charge < -0.3 is 5.11 Å². The molecule has 4 nitrogen and oxygen atoms in total. The first-order valence-corrected chi connectivity index (χ1v) is 8.31. The number of halogens is 3. The van der Waals surface area contributed by atoms with Crippen molar-refractivity contribution in [3.8, 4) is 11.4 Å². The Balaban J connectivity index is 2.20. The Hall–Kier alpha value is -2.93. The van der Waals surface area contributed by atoms with E-state index in [1.807, 2.05) is 0 Å². The summed E-state index contributed by atoms with van der Waals surface area (Å²) < 4.78 is 41.6. The SMILES string of the molecule is Cc1nc(-c2ccc(F)cc2)n(Cc2cc(F)cc(F)c2)c(=O)c1CCO. The molecule has 3 rings (SSSR count). The Bertz CT molecular complexity index is 1010. The Morgan fingerprint density at radius 2 is 1.63 bits per heavy atom. The van der Waals surface area contributed by atoms with Gasteiger partial charge in [-0.15, -0.1) is 0 Å². The van der Waals surface area contributed by atoms with Crippen LogP contribution in [0, 0.1) is 24.4 Å². The zero-order valence-corrected chi connectivity index (χ0v) is 14.5. The van der Waals surface area contributed by atoms with Gasteiger partial charge in [-0.3, -0.25) is 9.36 Å². The summed E-state index contributed by atoms with van der Waals surface area (Å²) in [7, 11) is 0. The average Bonchev–Trinajstić information content (AvgIpc) is 2.61. The van der Waals surface area contributed by atoms with Gasteiger partial charge in [0.25, 0.3) is 5.56 Å². The lowest BCUT2D eigenvalue weighted by atomic mass is 10.1. The largest absolute Gasteiger partial charge is 0.396 e. The third kappa shape index (κ3) is 4.09. The molecule has 0 saturated carbocycles. The summed E-state index contributed by atoms with van der Waals surface area (Å²) in [5.74, 6) is -1.69. The van der Waals surface area contributed by atoms with Crippen LogP contribution < -0.4 is 5.56 Å². The summed E-state index contributed by atoms with van der Waals surface area (Å²) in [6.45, 7) is 1.29. The van der Waals surface area contributed by atoms with Crippen molar-refractivity contribution >= 4 is 0 Å². The molecule has 0 bridgehead atoms. The summed E-state index contributed by atoms with van der Waals surface area (Å²) >= 11 is 0. The predicted molar refractivity (Wildman–Crippen MR) is 94.9 cm³/mol. The number of aliphatic hydroxyl groups is 1. The molecule has 0 saturated heterocycles. The average molecular weight is 374 g/mol. The number of hydrogen-bond acceptors (Lipinski definition) is 3. The van der Waals surface area contributed by atoms with Crippen LogP contribution >= 0.6 is 0 Å². The van der Waals surface area contributed by atoms with Crippen LogP contribution in [-0.4, -0.2) is 21.3 Å². The molecule has 0 spiro atoms. The van der Waals surface area contributed by atoms with Crippen molar-refractivity contribution in [2.45, 2.75) is 19.9 Å². The maximum Gasteiger partial charge on any atom is 0.257 e. The van der Waals surface area contributed by atoms with Gasteiger partial charge in [0.2, 0.25) is 0 Å². The van der Waals surface area contributed by atoms with Crippen LogP contribution in [-0.2, 0) is 13.0 Å². The van der Waals surface area contributed by atoms with Crippen LogP contribution in [0.3, 0.4) is 0 Å². The molecule has 0 amide bonds. The first-order valence-electron chi connectivity index (χ1n) is 8.31. The zero-order chi connectivity index (χ0) is 19.6. The van der Waals surface area contributed by atoms with Crippen molar-refractivity contribution in [1.29, 1.82) is 0 Å². The van der Waals surface area contributed by atoms with Gasteiger partial charge in [0.05, 0.1) is 6.54 Å². The summed E-state index contributed by atoms with van der Waals surface area (Å²) in [5, 5.41) is 9.22. The Morgan fingerprint density at radius 1 is 1.00 bits per heavy atom. The summed E-state index contributed by atoms with van der Waals surface area (Å²) in [6, 6.07) is 8.45. The van der Waals surface area contributed by atoms with Gasteiger partial charge in [0, 0.05) is 35.9 Å². The molecule has 0 atom stereocenters. The van der Waals surface area contributed by atoms with Crippen LogP contribution in [0.15, 0.2) is 47.3 Å². The van der Waals surface area contributed by atoms with E-state index in [0.29, 0.717) is 16.8 Å². The van der Waals surface area contributed by atoms with Gasteiger partial charge in [-0.25, -0.2) is 18.2 Å². The fraction of sp³-hybridized carbons (Fsp3) is 0.200. The van der Waals surface area contributed by atoms with Crippen LogP contribution in [0.4, 0.5) is 13.2 Å². The minimum Gasteiger partial charge on any atom is -0.396 e. The van der Waals surface area contributed by atoms with Crippen molar-refractivity contribution in [2.24, 2.45) is 0 Å². The summed E-state index contributed by atoms with van der Waals surface area (Å²) in [4.78, 5) is 17.4. The highest BCUT2D eigenvalue weighted by atomic mass is 19.1. The van der Waals surface area contributed by atoms with E-state index in [9.17, 15) is 23.1 Å². The van der Waals surface area contributed by atoms with Gasteiger partial charge in [-0.2, -0.15) is 0 Å². The molecule has 0 aliphatic heterocycles. The summed E-state index contributed by atoms with van der Waals surface area (Å²) in [6.07, 6.45) is 0.110.